The molecule has 4 nitrogen and oxygen atoms in total. The summed E-state index contributed by atoms with van der Waals surface area (Å²) in [5, 5.41) is 15.4. The number of hydrogen-bond donors (Lipinski definition) is 1. The molecule has 5 rings (SSSR count). The quantitative estimate of drug-likeness (QED) is 0.0586. The molecule has 0 amide bonds. The van der Waals surface area contributed by atoms with Crippen molar-refractivity contribution in [3.05, 3.63) is 78.3 Å². The first-order chi connectivity index (χ1) is 24.3. The van der Waals surface area contributed by atoms with Crippen LogP contribution in [0.3, 0.4) is 0 Å². The monoisotopic (exact) mass is 928 g/mol. The number of hydrogen-bond acceptors (Lipinski definition) is 5. The van der Waals surface area contributed by atoms with Gasteiger partial charge in [0.1, 0.15) is 12.1 Å². The van der Waals surface area contributed by atoms with Gasteiger partial charge in [-0.15, -0.1) is 40.1 Å². The molecule has 0 saturated heterocycles. The van der Waals surface area contributed by atoms with Gasteiger partial charge in [-0.25, -0.2) is 4.98 Å². The summed E-state index contributed by atoms with van der Waals surface area (Å²) in [5.74, 6) is 0.965. The van der Waals surface area contributed by atoms with Crippen LogP contribution in [0, 0.1) is 28.2 Å². The van der Waals surface area contributed by atoms with E-state index in [9.17, 15) is 9.90 Å². The second-order valence-electron chi connectivity index (χ2n) is 17.6. The van der Waals surface area contributed by atoms with Gasteiger partial charge in [0.2, 0.25) is 0 Å². The minimum Gasteiger partial charge on any atom is -0.512 e. The van der Waals surface area contributed by atoms with Gasteiger partial charge in [-0.1, -0.05) is 137 Å². The molecular weight excluding hydrogens is 865 g/mol. The second-order valence-corrected chi connectivity index (χ2v) is 23.4. The molecule has 0 bridgehead atoms. The molecule has 0 aliphatic rings. The van der Waals surface area contributed by atoms with Crippen LogP contribution in [0.1, 0.15) is 107 Å². The predicted octanol–water partition coefficient (Wildman–Crippen LogP) is 13.3. The first kappa shape index (κ1) is 44.7. The van der Waals surface area contributed by atoms with Gasteiger partial charge in [0.15, 0.2) is 5.78 Å². The summed E-state index contributed by atoms with van der Waals surface area (Å²) in [4.78, 5) is 21.7. The van der Waals surface area contributed by atoms with Crippen molar-refractivity contribution in [3.8, 4) is 11.3 Å². The molecule has 2 heterocycles. The van der Waals surface area contributed by atoms with Crippen LogP contribution in [0.25, 0.3) is 42.3 Å². The van der Waals surface area contributed by atoms with Crippen LogP contribution in [0.2, 0.25) is 19.1 Å². The first-order valence-corrected chi connectivity index (χ1v) is 23.4. The van der Waals surface area contributed by atoms with E-state index in [0.717, 1.165) is 53.6 Å². The number of rotatable bonds is 12. The molecule has 0 spiro atoms. The predicted molar refractivity (Wildman–Crippen MR) is 230 cm³/mol. The van der Waals surface area contributed by atoms with E-state index >= 15 is 0 Å². The molecule has 7 heteroatoms. The molecule has 2 aromatic heterocycles. The zero-order valence-corrected chi connectivity index (χ0v) is 38.8. The van der Waals surface area contributed by atoms with E-state index in [2.05, 4.69) is 102 Å². The third-order valence-electron chi connectivity index (χ3n) is 11.3. The molecule has 0 aliphatic carbocycles. The van der Waals surface area contributed by atoms with Gasteiger partial charge >= 0.3 is 0 Å². The van der Waals surface area contributed by atoms with Crippen molar-refractivity contribution in [3.63, 3.8) is 0 Å². The Morgan fingerprint density at radius 3 is 2.09 bits per heavy atom. The van der Waals surface area contributed by atoms with E-state index in [1.807, 2.05) is 52.9 Å². The van der Waals surface area contributed by atoms with Crippen LogP contribution >= 0.6 is 11.3 Å². The summed E-state index contributed by atoms with van der Waals surface area (Å²) in [6, 6.07) is 23.0. The van der Waals surface area contributed by atoms with Gasteiger partial charge < -0.3 is 5.11 Å². The number of carbonyl (C=O) groups is 1. The summed E-state index contributed by atoms with van der Waals surface area (Å²) in [5.41, 5.74) is 4.20. The van der Waals surface area contributed by atoms with Crippen molar-refractivity contribution in [1.29, 1.82) is 0 Å². The van der Waals surface area contributed by atoms with Crippen molar-refractivity contribution in [1.82, 2.24) is 9.97 Å². The molecule has 53 heavy (non-hydrogen) atoms. The Morgan fingerprint density at radius 1 is 0.887 bits per heavy atom. The second kappa shape index (κ2) is 17.8. The van der Waals surface area contributed by atoms with Crippen LogP contribution in [0.15, 0.2) is 66.7 Å². The SMILES string of the molecule is CC(C)C[Si](C)(C)c1cc(-c2ncnc3c2sc2cc(CC(C)(C)C)ccc23)[c-]c2ccccc12.CCC(C)(CC)C(=O)/C=C(\O)C(C)(CC)CC.[Ir]. The molecule has 0 unspecified atom stereocenters. The molecule has 3 aromatic carbocycles. The van der Waals surface area contributed by atoms with Crippen LogP contribution in [-0.4, -0.2) is 28.9 Å². The average Bonchev–Trinajstić information content (AvgIpc) is 3.47. The van der Waals surface area contributed by atoms with Gasteiger partial charge in [-0.05, 0) is 55.1 Å². The fourth-order valence-corrected chi connectivity index (χ4v) is 12.2. The Hall–Kier alpha value is -2.70. The number of fused-ring (bicyclic) bond motifs is 4. The van der Waals surface area contributed by atoms with E-state index in [1.54, 1.807) is 6.33 Å². The van der Waals surface area contributed by atoms with Crippen LogP contribution in [0.5, 0.6) is 0 Å². The molecule has 5 aromatic rings. The number of aliphatic hydroxyl groups is 1. The number of carbonyl (C=O) groups excluding carboxylic acids is 1. The number of aliphatic hydroxyl groups excluding tert-OH is 1. The molecule has 1 N–H and O–H groups in total. The van der Waals surface area contributed by atoms with E-state index in [-0.39, 0.29) is 47.9 Å². The van der Waals surface area contributed by atoms with Gasteiger partial charge in [-0.3, -0.25) is 9.78 Å². The molecule has 1 radical (unpaired) electrons. The summed E-state index contributed by atoms with van der Waals surface area (Å²) >= 11 is 1.82. The summed E-state index contributed by atoms with van der Waals surface area (Å²) in [6.45, 7) is 28.7. The minimum atomic E-state index is -1.66. The number of aromatic nitrogens is 2. The minimum absolute atomic E-state index is 0. The van der Waals surface area contributed by atoms with Crippen molar-refractivity contribution in [2.24, 2.45) is 22.2 Å². The molecular formula is C46H63IrN2O2SSi-. The third-order valence-corrected chi connectivity index (χ3v) is 16.2. The Bertz CT molecular complexity index is 2050. The van der Waals surface area contributed by atoms with Gasteiger partial charge in [-0.2, -0.15) is 0 Å². The van der Waals surface area contributed by atoms with E-state index in [4.69, 9.17) is 9.97 Å². The zero-order chi connectivity index (χ0) is 38.6. The summed E-state index contributed by atoms with van der Waals surface area (Å²) < 4.78 is 2.45. The molecule has 0 atom stereocenters. The number of nitrogens with zero attached hydrogens (tertiary/aromatic N) is 2. The average molecular weight is 928 g/mol. The van der Waals surface area contributed by atoms with E-state index < -0.39 is 8.07 Å². The summed E-state index contributed by atoms with van der Waals surface area (Å²) in [7, 11) is -1.66. The number of benzene rings is 3. The fraction of sp³-hybridized carbons (Fsp3) is 0.500. The van der Waals surface area contributed by atoms with Gasteiger partial charge in [0, 0.05) is 57.5 Å². The van der Waals surface area contributed by atoms with Crippen molar-refractivity contribution >= 4 is 61.5 Å². The molecule has 0 aliphatic heterocycles. The maximum Gasteiger partial charge on any atom is 0.164 e. The van der Waals surface area contributed by atoms with E-state index in [1.165, 1.54) is 43.7 Å². The number of allylic oxidation sites excluding steroid dienone is 2. The van der Waals surface area contributed by atoms with Crippen molar-refractivity contribution in [2.75, 3.05) is 0 Å². The number of ketones is 1. The smallest absolute Gasteiger partial charge is 0.164 e. The van der Waals surface area contributed by atoms with Crippen LogP contribution in [-0.2, 0) is 31.3 Å². The standard InChI is InChI=1S/C31H35N2SSi.C15H28O2.Ir/c1-20(2)18-35(6,7)27-16-23(15-22-10-8-9-11-24(22)27)28-30-29(33-19-32-28)25-13-12-21(14-26(25)34-30)17-31(3,4)5;1-7-14(5,8-2)12(16)11-13(17)15(6,9-3)10-4;/h8-14,16,19-20H,17-18H2,1-7H3;11,16H,7-10H2,1-6H3;/q-1;;/b;12-11-;. The molecule has 289 valence electrons. The largest absolute Gasteiger partial charge is 0.512 e. The third kappa shape index (κ3) is 10.3. The van der Waals surface area contributed by atoms with Gasteiger partial charge in [0.05, 0.1) is 13.6 Å². The Kier molecular flexibility index (Phi) is 15.0. The molecule has 0 saturated carbocycles. The van der Waals surface area contributed by atoms with Crippen LogP contribution in [0.4, 0.5) is 0 Å². The normalized spacial score (nSPS) is 13.0. The van der Waals surface area contributed by atoms with Crippen molar-refractivity contribution in [2.45, 2.75) is 127 Å². The van der Waals surface area contributed by atoms with Gasteiger partial charge in [0.25, 0.3) is 0 Å². The fourth-order valence-electron chi connectivity index (χ4n) is 7.26. The molecule has 0 fully saturated rings. The maximum absolute atomic E-state index is 12.2. The number of thiophene rings is 1. The Morgan fingerprint density at radius 2 is 1.51 bits per heavy atom. The van der Waals surface area contributed by atoms with Crippen molar-refractivity contribution < 1.29 is 30.0 Å². The Balaban J connectivity index is 0.000000359. The first-order valence-electron chi connectivity index (χ1n) is 19.4. The summed E-state index contributed by atoms with van der Waals surface area (Å²) in [6.07, 6.45) is 7.55. The zero-order valence-electron chi connectivity index (χ0n) is 34.6. The van der Waals surface area contributed by atoms with Crippen LogP contribution < -0.4 is 5.19 Å². The van der Waals surface area contributed by atoms with E-state index in [0.29, 0.717) is 5.92 Å². The maximum atomic E-state index is 12.2. The topological polar surface area (TPSA) is 63.1 Å². The Labute approximate surface area is 338 Å².